The molecule has 1 heterocycles. The maximum Gasteiger partial charge on any atom is 0.129 e. The Morgan fingerprint density at radius 1 is 1.10 bits per heavy atom. The summed E-state index contributed by atoms with van der Waals surface area (Å²) in [6, 6.07) is 13.6. The van der Waals surface area contributed by atoms with Gasteiger partial charge in [-0.05, 0) is 29.8 Å². The number of fused-ring (bicyclic) bond motifs is 1. The lowest BCUT2D eigenvalue weighted by atomic mass is 9.95. The van der Waals surface area contributed by atoms with E-state index in [9.17, 15) is 4.39 Å². The average Bonchev–Trinajstić information content (AvgIpc) is 2.50. The fourth-order valence-corrected chi connectivity index (χ4v) is 2.62. The van der Waals surface area contributed by atoms with Gasteiger partial charge in [-0.1, -0.05) is 35.9 Å². The van der Waals surface area contributed by atoms with Crippen LogP contribution in [0.2, 0.25) is 5.02 Å². The number of nitrogens with zero attached hydrogens (tertiary/aromatic N) is 1. The summed E-state index contributed by atoms with van der Waals surface area (Å²) in [4.78, 5) is 4.31. The van der Waals surface area contributed by atoms with Crippen LogP contribution in [0.25, 0.3) is 10.9 Å². The summed E-state index contributed by atoms with van der Waals surface area (Å²) in [6.07, 6.45) is 1.72. The van der Waals surface area contributed by atoms with Crippen molar-refractivity contribution in [2.24, 2.45) is 5.84 Å². The number of hydrogen-bond donors (Lipinski definition) is 2. The zero-order valence-electron chi connectivity index (χ0n) is 11.1. The Labute approximate surface area is 126 Å². The quantitative estimate of drug-likeness (QED) is 0.574. The predicted molar refractivity (Wildman–Crippen MR) is 82.3 cm³/mol. The van der Waals surface area contributed by atoms with Gasteiger partial charge in [0, 0.05) is 22.2 Å². The van der Waals surface area contributed by atoms with Crippen LogP contribution in [0.4, 0.5) is 4.39 Å². The summed E-state index contributed by atoms with van der Waals surface area (Å²) >= 11 is 5.80. The van der Waals surface area contributed by atoms with E-state index in [1.54, 1.807) is 18.3 Å². The Balaban J connectivity index is 2.18. The molecule has 0 radical (unpaired) electrons. The van der Waals surface area contributed by atoms with E-state index < -0.39 is 11.9 Å². The standard InChI is InChI=1S/C16H13ClFN3/c17-10-6-7-13(14(18)9-10)16(21-19)12-3-1-5-15-11(12)4-2-8-20-15/h1-9,16,21H,19H2. The van der Waals surface area contributed by atoms with Crippen LogP contribution in [0.15, 0.2) is 54.7 Å². The van der Waals surface area contributed by atoms with Crippen molar-refractivity contribution >= 4 is 22.5 Å². The number of pyridine rings is 1. The highest BCUT2D eigenvalue weighted by atomic mass is 35.5. The number of benzene rings is 2. The van der Waals surface area contributed by atoms with Crippen molar-refractivity contribution in [3.63, 3.8) is 0 Å². The van der Waals surface area contributed by atoms with Crippen molar-refractivity contribution < 1.29 is 4.39 Å². The third-order valence-corrected chi connectivity index (χ3v) is 3.67. The molecular weight excluding hydrogens is 289 g/mol. The van der Waals surface area contributed by atoms with Gasteiger partial charge in [0.05, 0.1) is 11.6 Å². The second-order valence-corrected chi connectivity index (χ2v) is 5.12. The van der Waals surface area contributed by atoms with Gasteiger partial charge in [0.2, 0.25) is 0 Å². The second kappa shape index (κ2) is 5.77. The molecule has 0 fully saturated rings. The molecule has 0 aliphatic carbocycles. The number of hydrogen-bond acceptors (Lipinski definition) is 3. The highest BCUT2D eigenvalue weighted by Gasteiger charge is 2.19. The Bertz CT molecular complexity index is 786. The van der Waals surface area contributed by atoms with Crippen LogP contribution in [-0.2, 0) is 0 Å². The molecule has 2 aromatic carbocycles. The fourth-order valence-electron chi connectivity index (χ4n) is 2.46. The molecule has 0 bridgehead atoms. The molecule has 0 spiro atoms. The number of rotatable bonds is 3. The first-order valence-electron chi connectivity index (χ1n) is 6.45. The van der Waals surface area contributed by atoms with E-state index in [2.05, 4.69) is 10.4 Å². The van der Waals surface area contributed by atoms with Crippen molar-refractivity contribution in [3.05, 3.63) is 76.7 Å². The lowest BCUT2D eigenvalue weighted by Crippen LogP contribution is -2.29. The van der Waals surface area contributed by atoms with Gasteiger partial charge in [0.1, 0.15) is 5.82 Å². The van der Waals surface area contributed by atoms with Crippen LogP contribution >= 0.6 is 11.6 Å². The highest BCUT2D eigenvalue weighted by molar-refractivity contribution is 6.30. The van der Waals surface area contributed by atoms with Crippen molar-refractivity contribution in [1.82, 2.24) is 10.4 Å². The first-order valence-corrected chi connectivity index (χ1v) is 6.83. The third-order valence-electron chi connectivity index (χ3n) is 3.43. The molecule has 5 heteroatoms. The topological polar surface area (TPSA) is 50.9 Å². The van der Waals surface area contributed by atoms with E-state index in [0.29, 0.717) is 10.6 Å². The van der Waals surface area contributed by atoms with E-state index in [4.69, 9.17) is 17.4 Å². The van der Waals surface area contributed by atoms with Gasteiger partial charge in [0.15, 0.2) is 0 Å². The van der Waals surface area contributed by atoms with Crippen molar-refractivity contribution in [2.75, 3.05) is 0 Å². The van der Waals surface area contributed by atoms with E-state index >= 15 is 0 Å². The average molecular weight is 302 g/mol. The molecular formula is C16H13ClFN3. The van der Waals surface area contributed by atoms with Gasteiger partial charge >= 0.3 is 0 Å². The van der Waals surface area contributed by atoms with E-state index in [-0.39, 0.29) is 0 Å². The molecule has 0 aliphatic heterocycles. The molecule has 0 aliphatic rings. The van der Waals surface area contributed by atoms with Crippen LogP contribution in [0, 0.1) is 5.82 Å². The predicted octanol–water partition coefficient (Wildman–Crippen LogP) is 3.58. The minimum atomic E-state index is -0.477. The summed E-state index contributed by atoms with van der Waals surface area (Å²) in [5.74, 6) is 5.27. The second-order valence-electron chi connectivity index (χ2n) is 4.68. The molecule has 3 rings (SSSR count). The Hall–Kier alpha value is -2.01. The van der Waals surface area contributed by atoms with Gasteiger partial charge in [-0.25, -0.2) is 9.82 Å². The van der Waals surface area contributed by atoms with E-state index in [0.717, 1.165) is 16.5 Å². The van der Waals surface area contributed by atoms with Crippen molar-refractivity contribution in [2.45, 2.75) is 6.04 Å². The Morgan fingerprint density at radius 2 is 1.95 bits per heavy atom. The summed E-state index contributed by atoms with van der Waals surface area (Å²) in [5, 5.41) is 1.28. The molecule has 1 atom stereocenters. The first kappa shape index (κ1) is 13.9. The molecule has 3 nitrogen and oxygen atoms in total. The van der Waals surface area contributed by atoms with Gasteiger partial charge in [0.25, 0.3) is 0 Å². The van der Waals surface area contributed by atoms with Crippen LogP contribution in [-0.4, -0.2) is 4.98 Å². The highest BCUT2D eigenvalue weighted by Crippen LogP contribution is 2.30. The number of nitrogens with two attached hydrogens (primary N) is 1. The third kappa shape index (κ3) is 2.61. The van der Waals surface area contributed by atoms with Gasteiger partial charge < -0.3 is 0 Å². The SMILES string of the molecule is NNC(c1ccc(Cl)cc1F)c1cccc2ncccc12. The smallest absolute Gasteiger partial charge is 0.129 e. The van der Waals surface area contributed by atoms with Crippen LogP contribution in [0.1, 0.15) is 17.2 Å². The Kier molecular flexibility index (Phi) is 3.84. The van der Waals surface area contributed by atoms with Crippen molar-refractivity contribution in [3.8, 4) is 0 Å². The normalized spacial score (nSPS) is 12.5. The van der Waals surface area contributed by atoms with Crippen LogP contribution in [0.3, 0.4) is 0 Å². The Morgan fingerprint density at radius 3 is 2.71 bits per heavy atom. The van der Waals surface area contributed by atoms with Crippen molar-refractivity contribution in [1.29, 1.82) is 0 Å². The van der Waals surface area contributed by atoms with E-state index in [1.807, 2.05) is 30.3 Å². The molecule has 106 valence electrons. The molecule has 3 N–H and O–H groups in total. The summed E-state index contributed by atoms with van der Waals surface area (Å²) in [5.41, 5.74) is 4.82. The molecule has 0 amide bonds. The van der Waals surface area contributed by atoms with Gasteiger partial charge in [-0.15, -0.1) is 0 Å². The van der Waals surface area contributed by atoms with Gasteiger partial charge in [-0.2, -0.15) is 0 Å². The van der Waals surface area contributed by atoms with E-state index in [1.165, 1.54) is 6.07 Å². The monoisotopic (exact) mass is 301 g/mol. The first-order chi connectivity index (χ1) is 10.2. The van der Waals surface area contributed by atoms with Gasteiger partial charge in [-0.3, -0.25) is 10.8 Å². The molecule has 0 saturated heterocycles. The zero-order chi connectivity index (χ0) is 14.8. The van der Waals surface area contributed by atoms with Crippen LogP contribution in [0.5, 0.6) is 0 Å². The number of halogens is 2. The largest absolute Gasteiger partial charge is 0.271 e. The zero-order valence-corrected chi connectivity index (χ0v) is 11.8. The summed E-state index contributed by atoms with van der Waals surface area (Å²) < 4.78 is 14.2. The number of aromatic nitrogens is 1. The summed E-state index contributed by atoms with van der Waals surface area (Å²) in [6.45, 7) is 0. The fraction of sp³-hybridized carbons (Fsp3) is 0.0625. The number of nitrogens with one attached hydrogen (secondary N) is 1. The minimum absolute atomic E-state index is 0.353. The molecule has 3 aromatic rings. The number of hydrazine groups is 1. The maximum atomic E-state index is 14.2. The lowest BCUT2D eigenvalue weighted by Gasteiger charge is -2.19. The maximum absolute atomic E-state index is 14.2. The van der Waals surface area contributed by atoms with Crippen LogP contribution < -0.4 is 11.3 Å². The molecule has 21 heavy (non-hydrogen) atoms. The lowest BCUT2D eigenvalue weighted by molar-refractivity contribution is 0.562. The summed E-state index contributed by atoms with van der Waals surface area (Å²) in [7, 11) is 0. The minimum Gasteiger partial charge on any atom is -0.271 e. The molecule has 0 saturated carbocycles. The molecule has 1 aromatic heterocycles. The molecule has 1 unspecified atom stereocenters.